The molecule has 3 aromatic rings. The second-order valence-corrected chi connectivity index (χ2v) is 6.73. The topological polar surface area (TPSA) is 55.4 Å². The van der Waals surface area contributed by atoms with Gasteiger partial charge in [-0.15, -0.1) is 0 Å². The number of hydrogen-bond acceptors (Lipinski definition) is 3. The minimum atomic E-state index is -0.762. The normalized spacial score (nSPS) is 10.9. The molecule has 3 aromatic carbocycles. The van der Waals surface area contributed by atoms with E-state index < -0.39 is 5.41 Å². The van der Waals surface area contributed by atoms with E-state index in [1.54, 1.807) is 36.4 Å². The highest BCUT2D eigenvalue weighted by molar-refractivity contribution is 6.04. The van der Waals surface area contributed by atoms with E-state index >= 15 is 0 Å². The zero-order valence-electron chi connectivity index (χ0n) is 15.3. The second-order valence-electron chi connectivity index (χ2n) is 6.73. The van der Waals surface area contributed by atoms with Gasteiger partial charge in [0, 0.05) is 11.3 Å². The van der Waals surface area contributed by atoms with Crippen molar-refractivity contribution in [3.8, 4) is 5.75 Å². The van der Waals surface area contributed by atoms with Crippen LogP contribution in [0.25, 0.3) is 0 Å². The number of carbonyl (C=O) groups is 2. The van der Waals surface area contributed by atoms with Crippen molar-refractivity contribution in [2.24, 2.45) is 0 Å². The molecule has 27 heavy (non-hydrogen) atoms. The van der Waals surface area contributed by atoms with Crippen molar-refractivity contribution >= 4 is 17.6 Å². The number of amides is 1. The van der Waals surface area contributed by atoms with Crippen LogP contribution in [0.3, 0.4) is 0 Å². The van der Waals surface area contributed by atoms with Crippen LogP contribution in [-0.4, -0.2) is 11.9 Å². The van der Waals surface area contributed by atoms with Crippen molar-refractivity contribution < 1.29 is 14.3 Å². The van der Waals surface area contributed by atoms with E-state index in [2.05, 4.69) is 5.32 Å². The fraction of sp³-hybridized carbons (Fsp3) is 0.130. The van der Waals surface area contributed by atoms with E-state index in [4.69, 9.17) is 4.74 Å². The average molecular weight is 359 g/mol. The van der Waals surface area contributed by atoms with Crippen LogP contribution in [0, 0.1) is 0 Å². The third-order valence-corrected chi connectivity index (χ3v) is 4.36. The number of benzene rings is 3. The molecule has 0 aliphatic heterocycles. The Bertz CT molecular complexity index is 917. The highest BCUT2D eigenvalue weighted by atomic mass is 16.5. The number of carbonyl (C=O) groups excluding carboxylic acids is 2. The molecule has 4 heteroatoms. The van der Waals surface area contributed by atoms with Crippen molar-refractivity contribution in [3.05, 3.63) is 96.1 Å². The van der Waals surface area contributed by atoms with Crippen LogP contribution >= 0.6 is 0 Å². The molecule has 3 rings (SSSR count). The molecule has 0 unspecified atom stereocenters. The number of nitrogens with one attached hydrogen (secondary N) is 1. The maximum absolute atomic E-state index is 12.6. The third kappa shape index (κ3) is 4.42. The zero-order chi connectivity index (χ0) is 19.3. The highest BCUT2D eigenvalue weighted by Gasteiger charge is 2.31. The van der Waals surface area contributed by atoms with Crippen LogP contribution in [-0.2, 0) is 10.2 Å². The first-order valence-corrected chi connectivity index (χ1v) is 8.71. The molecule has 0 radical (unpaired) electrons. The second kappa shape index (κ2) is 7.87. The minimum Gasteiger partial charge on any atom is -0.426 e. The summed E-state index contributed by atoms with van der Waals surface area (Å²) in [6.45, 7) is 3.66. The predicted molar refractivity (Wildman–Crippen MR) is 106 cm³/mol. The summed E-state index contributed by atoms with van der Waals surface area (Å²) in [7, 11) is 0. The van der Waals surface area contributed by atoms with Crippen molar-refractivity contribution in [1.82, 2.24) is 0 Å². The quantitative estimate of drug-likeness (QED) is 0.525. The molecule has 0 aliphatic carbocycles. The number of rotatable bonds is 5. The maximum atomic E-state index is 12.6. The molecule has 4 nitrogen and oxygen atoms in total. The Morgan fingerprint density at radius 2 is 1.33 bits per heavy atom. The Kier molecular flexibility index (Phi) is 5.36. The Morgan fingerprint density at radius 1 is 0.778 bits per heavy atom. The number of anilines is 1. The third-order valence-electron chi connectivity index (χ3n) is 4.36. The van der Waals surface area contributed by atoms with E-state index in [0.29, 0.717) is 17.0 Å². The molecule has 0 aromatic heterocycles. The lowest BCUT2D eigenvalue weighted by Crippen LogP contribution is -2.33. The maximum Gasteiger partial charge on any atom is 0.321 e. The molecule has 0 aliphatic rings. The zero-order valence-corrected chi connectivity index (χ0v) is 15.3. The molecule has 0 heterocycles. The Labute approximate surface area is 158 Å². The van der Waals surface area contributed by atoms with Crippen LogP contribution in [0.4, 0.5) is 5.69 Å². The van der Waals surface area contributed by atoms with Gasteiger partial charge >= 0.3 is 5.97 Å². The molecule has 1 N–H and O–H groups in total. The fourth-order valence-corrected chi connectivity index (χ4v) is 2.61. The lowest BCUT2D eigenvalue weighted by Gasteiger charge is -2.23. The standard InChI is InChI=1S/C23H21NO3/c1-23(2,18-11-7-4-8-12-18)22(26)27-20-15-13-19(14-16-20)24-21(25)17-9-5-3-6-10-17/h3-16H,1-2H3,(H,24,25). The van der Waals surface area contributed by atoms with Gasteiger partial charge in [-0.1, -0.05) is 48.5 Å². The Hall–Kier alpha value is -3.40. The van der Waals surface area contributed by atoms with Gasteiger partial charge in [-0.25, -0.2) is 0 Å². The van der Waals surface area contributed by atoms with E-state index in [9.17, 15) is 9.59 Å². The summed E-state index contributed by atoms with van der Waals surface area (Å²) in [5, 5.41) is 2.82. The first-order valence-electron chi connectivity index (χ1n) is 8.71. The number of esters is 1. The van der Waals surface area contributed by atoms with E-state index in [-0.39, 0.29) is 11.9 Å². The molecular weight excluding hydrogens is 338 g/mol. The molecule has 1 amide bonds. The van der Waals surface area contributed by atoms with Crippen LogP contribution in [0.1, 0.15) is 29.8 Å². The summed E-state index contributed by atoms with van der Waals surface area (Å²) in [4.78, 5) is 24.8. The summed E-state index contributed by atoms with van der Waals surface area (Å²) >= 11 is 0. The van der Waals surface area contributed by atoms with Gasteiger partial charge in [-0.05, 0) is 55.8 Å². The summed E-state index contributed by atoms with van der Waals surface area (Å²) in [6.07, 6.45) is 0. The van der Waals surface area contributed by atoms with Crippen LogP contribution < -0.4 is 10.1 Å². The summed E-state index contributed by atoms with van der Waals surface area (Å²) in [6, 6.07) is 25.2. The van der Waals surface area contributed by atoms with Gasteiger partial charge in [0.05, 0.1) is 5.41 Å². The van der Waals surface area contributed by atoms with Crippen molar-refractivity contribution in [2.45, 2.75) is 19.3 Å². The Balaban J connectivity index is 1.65. The van der Waals surface area contributed by atoms with Crippen molar-refractivity contribution in [3.63, 3.8) is 0 Å². The fourth-order valence-electron chi connectivity index (χ4n) is 2.61. The summed E-state index contributed by atoms with van der Waals surface area (Å²) < 4.78 is 5.53. The SMILES string of the molecule is CC(C)(C(=O)Oc1ccc(NC(=O)c2ccccc2)cc1)c1ccccc1. The molecule has 0 atom stereocenters. The van der Waals surface area contributed by atoms with E-state index in [1.807, 2.05) is 62.4 Å². The minimum absolute atomic E-state index is 0.189. The molecule has 0 spiro atoms. The number of ether oxygens (including phenoxy) is 1. The van der Waals surface area contributed by atoms with Gasteiger partial charge in [0.15, 0.2) is 0 Å². The van der Waals surface area contributed by atoms with Gasteiger partial charge < -0.3 is 10.1 Å². The van der Waals surface area contributed by atoms with Gasteiger partial charge in [-0.3, -0.25) is 9.59 Å². The average Bonchev–Trinajstić information content (AvgIpc) is 2.70. The number of hydrogen-bond donors (Lipinski definition) is 1. The molecule has 0 saturated carbocycles. The van der Waals surface area contributed by atoms with Gasteiger partial charge in [0.25, 0.3) is 5.91 Å². The van der Waals surface area contributed by atoms with Crippen molar-refractivity contribution in [2.75, 3.05) is 5.32 Å². The van der Waals surface area contributed by atoms with Crippen LogP contribution in [0.2, 0.25) is 0 Å². The van der Waals surface area contributed by atoms with Gasteiger partial charge in [-0.2, -0.15) is 0 Å². The summed E-state index contributed by atoms with van der Waals surface area (Å²) in [5.41, 5.74) is 1.34. The Morgan fingerprint density at radius 3 is 1.93 bits per heavy atom. The molecule has 0 bridgehead atoms. The summed E-state index contributed by atoms with van der Waals surface area (Å²) in [5.74, 6) is -0.0953. The first-order chi connectivity index (χ1) is 13.0. The molecular formula is C23H21NO3. The smallest absolute Gasteiger partial charge is 0.321 e. The van der Waals surface area contributed by atoms with E-state index in [0.717, 1.165) is 5.56 Å². The molecule has 136 valence electrons. The van der Waals surface area contributed by atoms with E-state index in [1.165, 1.54) is 0 Å². The monoisotopic (exact) mass is 359 g/mol. The molecule has 0 saturated heterocycles. The van der Waals surface area contributed by atoms with Crippen LogP contribution in [0.5, 0.6) is 5.75 Å². The predicted octanol–water partition coefficient (Wildman–Crippen LogP) is 4.82. The van der Waals surface area contributed by atoms with Crippen molar-refractivity contribution in [1.29, 1.82) is 0 Å². The van der Waals surface area contributed by atoms with Crippen LogP contribution in [0.15, 0.2) is 84.9 Å². The first kappa shape index (κ1) is 18.4. The largest absolute Gasteiger partial charge is 0.426 e. The highest BCUT2D eigenvalue weighted by Crippen LogP contribution is 2.26. The lowest BCUT2D eigenvalue weighted by atomic mass is 9.85. The lowest BCUT2D eigenvalue weighted by molar-refractivity contribution is -0.139. The molecule has 0 fully saturated rings. The van der Waals surface area contributed by atoms with Gasteiger partial charge in [0.2, 0.25) is 0 Å². The van der Waals surface area contributed by atoms with Gasteiger partial charge in [0.1, 0.15) is 5.75 Å².